The third-order valence-corrected chi connectivity index (χ3v) is 23.4. The van der Waals surface area contributed by atoms with Crippen molar-refractivity contribution in [2.45, 2.75) is 265 Å². The van der Waals surface area contributed by atoms with E-state index >= 15 is 0 Å². The number of anilines is 4. The van der Waals surface area contributed by atoms with Crippen LogP contribution in [0.1, 0.15) is 233 Å². The number of hydrogen-bond acceptors (Lipinski definition) is 21. The van der Waals surface area contributed by atoms with Gasteiger partial charge in [0.2, 0.25) is 0 Å². The lowest BCUT2D eigenvalue weighted by Gasteiger charge is -2.45. The smallest absolute Gasteiger partial charge is 0.454 e. The van der Waals surface area contributed by atoms with Crippen LogP contribution in [-0.2, 0) is 33.1 Å². The number of aromatic nitrogens is 2. The third-order valence-electron chi connectivity index (χ3n) is 22.1. The molecule has 4 aliphatic rings. The van der Waals surface area contributed by atoms with Crippen molar-refractivity contribution in [1.82, 2.24) is 19.8 Å². The van der Waals surface area contributed by atoms with E-state index in [0.29, 0.717) is 97.0 Å². The Balaban J connectivity index is 0.000000204. The lowest BCUT2D eigenvalue weighted by atomic mass is 9.78. The van der Waals surface area contributed by atoms with Crippen LogP contribution in [0.2, 0.25) is 5.02 Å². The molecule has 693 valence electrons. The largest absolute Gasteiger partial charge is 0.494 e. The maximum Gasteiger partial charge on any atom is 0.494 e. The normalized spacial score (nSPS) is 17.3. The summed E-state index contributed by atoms with van der Waals surface area (Å²) in [4.78, 5) is 47.1. The molecule has 0 bridgehead atoms. The van der Waals surface area contributed by atoms with Gasteiger partial charge in [0.05, 0.1) is 101 Å². The number of pyridine rings is 2. The van der Waals surface area contributed by atoms with E-state index < -0.39 is 18.3 Å². The van der Waals surface area contributed by atoms with Gasteiger partial charge in [-0.3, -0.25) is 24.4 Å². The Morgan fingerprint density at radius 3 is 1.38 bits per heavy atom. The molecule has 4 aliphatic heterocycles. The summed E-state index contributed by atoms with van der Waals surface area (Å²) in [7, 11) is 9.73. The number of fused-ring (bicyclic) bond motifs is 2. The van der Waals surface area contributed by atoms with Gasteiger partial charge in [-0.1, -0.05) is 79.9 Å². The fourth-order valence-electron chi connectivity index (χ4n) is 17.0. The average Bonchev–Trinajstić information content (AvgIpc) is 1.61. The first kappa shape index (κ1) is 105. The van der Waals surface area contributed by atoms with Gasteiger partial charge in [0, 0.05) is 126 Å². The zero-order valence-corrected chi connectivity index (χ0v) is 85.4. The number of halogens is 3. The molecule has 2 atom stereocenters. The summed E-state index contributed by atoms with van der Waals surface area (Å²) in [6, 6.07) is 54.0. The number of carbonyl (C=O) groups is 3. The summed E-state index contributed by atoms with van der Waals surface area (Å²) >= 11 is 12.7. The van der Waals surface area contributed by atoms with E-state index in [0.717, 1.165) is 91.3 Å². The molecule has 5 N–H and O–H groups in total. The van der Waals surface area contributed by atoms with Crippen LogP contribution in [0, 0.1) is 45.3 Å². The quantitative estimate of drug-likeness (QED) is 0.0397. The van der Waals surface area contributed by atoms with Crippen LogP contribution < -0.4 is 27.1 Å². The number of furan rings is 2. The number of nitrogens with two attached hydrogens (primary N) is 1. The minimum Gasteiger partial charge on any atom is -0.454 e. The van der Waals surface area contributed by atoms with Crippen molar-refractivity contribution < 1.29 is 51.5 Å². The Morgan fingerprint density at radius 2 is 0.954 bits per heavy atom. The van der Waals surface area contributed by atoms with Gasteiger partial charge in [-0.2, -0.15) is 30.2 Å². The molecule has 0 saturated carbocycles. The van der Waals surface area contributed by atoms with Crippen molar-refractivity contribution in [1.29, 1.82) is 22.4 Å². The molecule has 6 aromatic carbocycles. The molecule has 131 heavy (non-hydrogen) atoms. The van der Waals surface area contributed by atoms with Crippen molar-refractivity contribution in [3.8, 4) is 58.1 Å². The Hall–Kier alpha value is -9.96. The number of carbonyl (C=O) groups excluding carboxylic acids is 3. The molecule has 0 aliphatic carbocycles. The SMILES string of the molecule is CC(CC(C)(C)OC(C)C)Nc1ccc(-c2ccnc3cc(-c4ccc(C(=O)N(C)C)cc4)oc23)cc1C#N.CC1(C)CC(=O)CC(C)(C)O1.CC1(C)CC(Nc2ccc(B3OC(C)(C)C(C)(C)O3)cc2C#N)CC(C)(C)O1.CC1(C)CC(Nc2ccc(Br)cc2C#N)CC(C)(C)O1.CN(C)C(=O)c1ccc(-c2cc3nccc(Cl)c3o2)cc1.N#Cc1cc(Br)ccc1N.[2H][B]P. The number of nitrogens with one attached hydrogen (secondary N) is 3. The van der Waals surface area contributed by atoms with Crippen LogP contribution in [-0.4, -0.2) is 156 Å². The van der Waals surface area contributed by atoms with Gasteiger partial charge in [0.1, 0.15) is 60.1 Å². The standard InChI is InChI=1S/C32H36N4O3.C22H33BN2O3.C16H21BrN2O.C16H13ClN2O2.C9H16O2.C7H5BrN2.BH3P/c1-20(2)39-32(4,5)18-21(3)35-27-13-12-24(16-25(27)19-33)26-14-15-34-28-17-29(38-30(26)28)22-8-10-23(11-9-22)31(37)36(6)7;1-19(2)12-17(13-20(3,4)26-19)25-18-10-9-16(11-15(18)14-24)23-27-21(5,6)22(7,8)28-23;1-15(2)8-13(9-16(3,4)20-15)19-14-6-5-12(17)7-11(14)10-18;1-19(2)16(20)11-5-3-10(4-6-11)14-9-13-15(21-14)12(17)7-8-18-13;1-8(2)5-7(10)6-9(3,4)11-8;8-6-1-2-7(10)5(3-6)4-9;1-2/h8-17,20-21,35H,18H2,1-7H3;9-11,17,25H,12-13H2,1-8H3;5-7,13,19H,8-9H2,1-4H3;3-9H,1-2H3;5-6H2,1-4H3;1-3H,10H2;1H,2H2/i;;;;;;1D. The second-order valence-electron chi connectivity index (χ2n) is 39.3. The zero-order valence-electron chi connectivity index (χ0n) is 81.3. The molecule has 23 nitrogen and oxygen atoms in total. The summed E-state index contributed by atoms with van der Waals surface area (Å²) in [5.41, 5.74) is 16.7. The van der Waals surface area contributed by atoms with Crippen LogP contribution >= 0.6 is 52.6 Å². The highest BCUT2D eigenvalue weighted by Crippen LogP contribution is 2.43. The van der Waals surface area contributed by atoms with Crippen molar-refractivity contribution in [2.75, 3.05) is 49.9 Å². The highest BCUT2D eigenvalue weighted by Gasteiger charge is 2.52. The topological polar surface area (TPSA) is 322 Å². The first-order valence-corrected chi connectivity index (χ1v) is 46.2. The Labute approximate surface area is 801 Å². The maximum atomic E-state index is 12.2. The molecule has 10 aromatic rings. The second kappa shape index (κ2) is 44.3. The number of ether oxygens (including phenoxy) is 4. The number of rotatable bonds is 16. The predicted molar refractivity (Wildman–Crippen MR) is 539 cm³/mol. The molecule has 14 rings (SSSR count). The molecular formula is C102H127B2Br2ClN12O11P. The third kappa shape index (κ3) is 30.3. The summed E-state index contributed by atoms with van der Waals surface area (Å²) in [5, 5.41) is 48.5. The molecule has 4 aromatic heterocycles. The lowest BCUT2D eigenvalue weighted by molar-refractivity contribution is -0.169. The molecule has 0 spiro atoms. The van der Waals surface area contributed by atoms with Crippen LogP contribution in [0.3, 0.4) is 0 Å². The number of benzene rings is 6. The van der Waals surface area contributed by atoms with Gasteiger partial charge in [-0.25, -0.2) is 0 Å². The minimum absolute atomic E-state index is 0.0316. The number of hydrogen-bond donors (Lipinski definition) is 4. The molecular weight excluding hydrogens is 1820 g/mol. The van der Waals surface area contributed by atoms with Crippen molar-refractivity contribution in [3.63, 3.8) is 0 Å². The molecule has 1 radical (unpaired) electrons. The van der Waals surface area contributed by atoms with E-state index in [1.54, 1.807) is 98.9 Å². The van der Waals surface area contributed by atoms with Crippen LogP contribution in [0.25, 0.3) is 56.0 Å². The van der Waals surface area contributed by atoms with Crippen molar-refractivity contribution >= 4 is 135 Å². The van der Waals surface area contributed by atoms with Gasteiger partial charge in [-0.15, -0.1) is 0 Å². The molecule has 2 amide bonds. The molecule has 4 fully saturated rings. The first-order chi connectivity index (χ1) is 61.4. The highest BCUT2D eigenvalue weighted by atomic mass is 79.9. The van der Waals surface area contributed by atoms with Crippen LogP contribution in [0.5, 0.6) is 0 Å². The molecule has 4 saturated heterocycles. The summed E-state index contributed by atoms with van der Waals surface area (Å²) < 4.78 is 56.1. The number of Topliss-reactive ketones (excluding diaryl/α,β-unsaturated/α-hetero) is 1. The highest BCUT2D eigenvalue weighted by molar-refractivity contribution is 9.10. The van der Waals surface area contributed by atoms with E-state index in [1.807, 2.05) is 172 Å². The van der Waals surface area contributed by atoms with Gasteiger partial charge in [0.15, 0.2) is 11.2 Å². The predicted octanol–water partition coefficient (Wildman–Crippen LogP) is 23.0. The van der Waals surface area contributed by atoms with E-state index in [4.69, 9.17) is 61.0 Å². The number of ketones is 1. The van der Waals surface area contributed by atoms with Crippen molar-refractivity contribution in [3.05, 3.63) is 205 Å². The number of nitrogens with zero attached hydrogens (tertiary/aromatic N) is 8. The van der Waals surface area contributed by atoms with Crippen LogP contribution in [0.4, 0.5) is 22.7 Å². The maximum absolute atomic E-state index is 12.2. The summed E-state index contributed by atoms with van der Waals surface area (Å²) in [5.74, 6) is 1.56. The number of amides is 2. The van der Waals surface area contributed by atoms with Crippen LogP contribution in [0.15, 0.2) is 176 Å². The first-order valence-electron chi connectivity index (χ1n) is 44.2. The van der Waals surface area contributed by atoms with Gasteiger partial charge < -0.3 is 68.6 Å². The number of nitriles is 4. The fraction of sp³-hybridized carbons (Fsp3) is 0.441. The zero-order chi connectivity index (χ0) is 98.2. The Morgan fingerprint density at radius 1 is 0.565 bits per heavy atom. The van der Waals surface area contributed by atoms with Gasteiger partial charge in [0.25, 0.3) is 11.8 Å². The lowest BCUT2D eigenvalue weighted by Crippen LogP contribution is -2.49. The van der Waals surface area contributed by atoms with Crippen molar-refractivity contribution in [2.24, 2.45) is 0 Å². The number of nitrogen functional groups attached to an aromatic ring is 1. The Bertz CT molecular complexity index is 5810. The molecule has 2 unspecified atom stereocenters. The van der Waals surface area contributed by atoms with E-state index in [2.05, 4.69) is 161 Å². The summed E-state index contributed by atoms with van der Waals surface area (Å²) in [6.45, 7) is 43.3. The van der Waals surface area contributed by atoms with E-state index in [1.165, 1.54) is 7.53 Å². The van der Waals surface area contributed by atoms with Gasteiger partial charge in [-0.05, 0) is 287 Å². The monoisotopic (exact) mass is 1940 g/mol. The van der Waals surface area contributed by atoms with E-state index in [9.17, 15) is 30.2 Å². The fourth-order valence-corrected chi connectivity index (χ4v) is 17.9. The molecule has 29 heteroatoms. The summed E-state index contributed by atoms with van der Waals surface area (Å²) in [6.07, 6.45) is 9.06. The molecule has 8 heterocycles. The average molecular weight is 1950 g/mol. The Kier molecular flexibility index (Phi) is 35.4. The van der Waals surface area contributed by atoms with Gasteiger partial charge >= 0.3 is 7.12 Å². The second-order valence-corrected chi connectivity index (χ2v) is 41.5. The van der Waals surface area contributed by atoms with E-state index in [-0.39, 0.29) is 69.2 Å². The minimum atomic E-state index is -0.466.